The average Bonchev–Trinajstić information content (AvgIpc) is 3.77. The molecule has 65 heavy (non-hydrogen) atoms. The largest absolute Gasteiger partial charge is 0.455 e. The first-order valence-corrected chi connectivity index (χ1v) is 23.2. The van der Waals surface area contributed by atoms with E-state index in [-0.39, 0.29) is 42.1 Å². The predicted molar refractivity (Wildman–Crippen MR) is 247 cm³/mol. The quantitative estimate of drug-likeness (QED) is 0.0767. The number of benzene rings is 3. The molecule has 3 N–H and O–H groups in total. The molecule has 342 valence electrons. The number of anilines is 2. The molecule has 2 amide bonds. The third-order valence-corrected chi connectivity index (χ3v) is 13.7. The number of allylic oxidation sites excluding steroid dienone is 1. The minimum Gasteiger partial charge on any atom is -0.455 e. The Hall–Kier alpha value is -6.21. The van der Waals surface area contributed by atoms with E-state index in [0.29, 0.717) is 31.0 Å². The fraction of sp³-hybridized carbons (Fsp3) is 0.370. The lowest BCUT2D eigenvalue weighted by molar-refractivity contribution is -0.384. The lowest BCUT2D eigenvalue weighted by Gasteiger charge is -2.39. The highest BCUT2D eigenvalue weighted by Gasteiger charge is 2.31. The summed E-state index contributed by atoms with van der Waals surface area (Å²) in [5.41, 5.74) is 5.12. The van der Waals surface area contributed by atoms with Gasteiger partial charge in [-0.1, -0.05) is 43.2 Å². The third kappa shape index (κ3) is 10.7. The van der Waals surface area contributed by atoms with Crippen molar-refractivity contribution in [2.75, 3.05) is 76.3 Å². The number of fused-ring (bicyclic) bond motifs is 1. The number of nitro groups is 1. The number of rotatable bonds is 13. The number of halogens is 1. The zero-order valence-electron chi connectivity index (χ0n) is 36.3. The second-order valence-corrected chi connectivity index (χ2v) is 19.3. The normalized spacial score (nSPS) is 18.1. The Morgan fingerprint density at radius 3 is 2.57 bits per heavy atom. The number of aromatic amines is 1. The molecule has 5 aromatic rings. The topological polar surface area (TPSA) is 202 Å². The number of aromatic nitrogens is 2. The van der Waals surface area contributed by atoms with E-state index in [0.717, 1.165) is 67.1 Å². The molecule has 3 aromatic carbocycles. The van der Waals surface area contributed by atoms with Crippen LogP contribution in [0.15, 0.2) is 95.7 Å². The summed E-state index contributed by atoms with van der Waals surface area (Å²) in [5, 5.41) is 16.6. The van der Waals surface area contributed by atoms with Crippen molar-refractivity contribution in [1.82, 2.24) is 24.5 Å². The van der Waals surface area contributed by atoms with Crippen LogP contribution in [0.25, 0.3) is 16.6 Å². The van der Waals surface area contributed by atoms with Gasteiger partial charge >= 0.3 is 6.09 Å². The molecule has 8 rings (SSSR count). The van der Waals surface area contributed by atoms with E-state index >= 15 is 0 Å². The maximum Gasteiger partial charge on any atom is 0.409 e. The molecule has 2 aromatic heterocycles. The Balaban J connectivity index is 0.989. The fourth-order valence-electron chi connectivity index (χ4n) is 8.56. The van der Waals surface area contributed by atoms with Gasteiger partial charge in [0.2, 0.25) is 0 Å². The van der Waals surface area contributed by atoms with Crippen molar-refractivity contribution in [3.05, 3.63) is 117 Å². The van der Waals surface area contributed by atoms with Gasteiger partial charge in [-0.3, -0.25) is 19.8 Å². The summed E-state index contributed by atoms with van der Waals surface area (Å²) in [7, 11) is -3.36. The van der Waals surface area contributed by atoms with Crippen LogP contribution in [0.4, 0.5) is 21.9 Å². The van der Waals surface area contributed by atoms with Crippen LogP contribution in [-0.2, 0) is 19.5 Å². The van der Waals surface area contributed by atoms with Gasteiger partial charge in [-0.25, -0.2) is 22.9 Å². The Bertz CT molecular complexity index is 2740. The summed E-state index contributed by atoms with van der Waals surface area (Å²) in [4.78, 5) is 50.5. The number of amides is 2. The first kappa shape index (κ1) is 45.4. The number of piperazine rings is 1. The number of nitrogens with one attached hydrogen (secondary N) is 3. The zero-order valence-corrected chi connectivity index (χ0v) is 37.9. The van der Waals surface area contributed by atoms with Gasteiger partial charge in [-0.15, -0.1) is 0 Å². The Morgan fingerprint density at radius 2 is 1.82 bits per heavy atom. The smallest absolute Gasteiger partial charge is 0.409 e. The number of nitrogens with zero attached hydrogens (tertiary/aromatic N) is 5. The summed E-state index contributed by atoms with van der Waals surface area (Å²) in [6.45, 7) is 9.38. The van der Waals surface area contributed by atoms with Gasteiger partial charge in [0, 0.05) is 80.2 Å². The monoisotopic (exact) mass is 926 g/mol. The van der Waals surface area contributed by atoms with Gasteiger partial charge in [0.05, 0.1) is 47.9 Å². The van der Waals surface area contributed by atoms with Crippen LogP contribution in [0, 0.1) is 15.5 Å². The van der Waals surface area contributed by atoms with E-state index in [1.807, 2.05) is 18.2 Å². The number of carbonyl (C=O) groups is 2. The molecule has 17 nitrogen and oxygen atoms in total. The van der Waals surface area contributed by atoms with Gasteiger partial charge in [0.25, 0.3) is 21.6 Å². The molecular weight excluding hydrogens is 876 g/mol. The van der Waals surface area contributed by atoms with Gasteiger partial charge < -0.3 is 34.3 Å². The Labute approximate surface area is 381 Å². The van der Waals surface area contributed by atoms with Crippen LogP contribution >= 0.6 is 11.6 Å². The number of morpholine rings is 1. The second-order valence-electron chi connectivity index (χ2n) is 17.2. The molecule has 2 saturated heterocycles. The van der Waals surface area contributed by atoms with Crippen molar-refractivity contribution in [3.8, 4) is 11.5 Å². The molecule has 0 spiro atoms. The van der Waals surface area contributed by atoms with Gasteiger partial charge in [-0.2, -0.15) is 0 Å². The number of ether oxygens (including phenoxy) is 3. The average molecular weight is 927 g/mol. The predicted octanol–water partition coefficient (Wildman–Crippen LogP) is 7.70. The lowest BCUT2D eigenvalue weighted by atomic mass is 9.72. The van der Waals surface area contributed by atoms with Crippen molar-refractivity contribution in [3.63, 3.8) is 0 Å². The Morgan fingerprint density at radius 1 is 1.03 bits per heavy atom. The van der Waals surface area contributed by atoms with Crippen molar-refractivity contribution in [1.29, 1.82) is 0 Å². The van der Waals surface area contributed by atoms with Crippen LogP contribution in [0.3, 0.4) is 0 Å². The van der Waals surface area contributed by atoms with Crippen molar-refractivity contribution >= 4 is 67.3 Å². The number of H-pyrrole nitrogens is 1. The van der Waals surface area contributed by atoms with Crippen LogP contribution in [0.2, 0.25) is 5.02 Å². The fourth-order valence-corrected chi connectivity index (χ4v) is 9.67. The SMILES string of the molecule is COC(=O)N1CCOC(CNc2ccc(S(=O)(=O)NC(=O)c3ccc(N4CCN(CC5=C(c6ccc(Cl)cc6)CC(C)(C)CC5)CC4)cc3Oc3cnc4[nH]ccc4c3)cc2[N+](=O)[O-])C1. The standard InChI is InChI=1S/C46H51ClN8O9S/c1-46(2)14-12-32(39(25-46)30-4-6-33(47)7-5-30)28-52-16-18-53(19-17-52)34-8-10-38(42(23-34)64-35-22-31-13-15-48-43(31)50-26-35)44(56)51-65(60,61)37-9-11-40(41(24-37)55(58)59)49-27-36-29-54(20-21-63-36)45(57)62-3/h4-11,13,15,22-24,26,36,49H,12,14,16-21,25,27-29H2,1-3H3,(H,48,50)(H,51,56). The zero-order chi connectivity index (χ0) is 45.9. The molecule has 0 saturated carbocycles. The van der Waals surface area contributed by atoms with Crippen LogP contribution in [0.1, 0.15) is 49.0 Å². The van der Waals surface area contributed by atoms with E-state index in [1.165, 1.54) is 47.0 Å². The molecule has 1 unspecified atom stereocenters. The maximum atomic E-state index is 14.0. The highest BCUT2D eigenvalue weighted by atomic mass is 35.5. The van der Waals surface area contributed by atoms with Crippen LogP contribution < -0.4 is 19.7 Å². The van der Waals surface area contributed by atoms with Gasteiger partial charge in [0.15, 0.2) is 0 Å². The molecule has 2 fully saturated rings. The second kappa shape index (κ2) is 19.1. The number of methoxy groups -OCH3 is 1. The lowest BCUT2D eigenvalue weighted by Crippen LogP contribution is -2.47. The highest BCUT2D eigenvalue weighted by molar-refractivity contribution is 7.90. The molecule has 1 aliphatic carbocycles. The summed E-state index contributed by atoms with van der Waals surface area (Å²) in [5.74, 6) is -0.577. The number of hydrogen-bond acceptors (Lipinski definition) is 13. The van der Waals surface area contributed by atoms with Crippen LogP contribution in [0.5, 0.6) is 11.5 Å². The minimum atomic E-state index is -4.64. The number of sulfonamides is 1. The van der Waals surface area contributed by atoms with Gasteiger partial charge in [-0.05, 0) is 84.3 Å². The molecule has 1 atom stereocenters. The molecule has 0 bridgehead atoms. The van der Waals surface area contributed by atoms with E-state index in [9.17, 15) is 28.1 Å². The third-order valence-electron chi connectivity index (χ3n) is 12.1. The highest BCUT2D eigenvalue weighted by Crippen LogP contribution is 2.43. The van der Waals surface area contributed by atoms with Crippen molar-refractivity contribution in [2.45, 2.75) is 44.1 Å². The molecule has 19 heteroatoms. The number of hydrogen-bond donors (Lipinski definition) is 3. The number of carbonyl (C=O) groups excluding carboxylic acids is 2. The first-order chi connectivity index (χ1) is 31.1. The van der Waals surface area contributed by atoms with E-state index in [4.69, 9.17) is 25.8 Å². The number of pyridine rings is 1. The number of nitro benzene ring substituents is 1. The first-order valence-electron chi connectivity index (χ1n) is 21.4. The van der Waals surface area contributed by atoms with E-state index in [2.05, 4.69) is 55.8 Å². The molecule has 4 heterocycles. The van der Waals surface area contributed by atoms with Crippen molar-refractivity contribution in [2.24, 2.45) is 5.41 Å². The van der Waals surface area contributed by atoms with E-state index < -0.39 is 43.6 Å². The Kier molecular flexibility index (Phi) is 13.3. The minimum absolute atomic E-state index is 0.0250. The molecule has 2 aliphatic heterocycles. The van der Waals surface area contributed by atoms with Gasteiger partial charge in [0.1, 0.15) is 22.8 Å². The van der Waals surface area contributed by atoms with E-state index in [1.54, 1.807) is 24.4 Å². The molecule has 0 radical (unpaired) electrons. The molecular formula is C46H51ClN8O9S. The summed E-state index contributed by atoms with van der Waals surface area (Å²) >= 11 is 6.24. The van der Waals surface area contributed by atoms with Crippen molar-refractivity contribution < 1.29 is 37.1 Å². The summed E-state index contributed by atoms with van der Waals surface area (Å²) in [6, 6.07) is 20.0. The van der Waals surface area contributed by atoms with Crippen LogP contribution in [-0.4, -0.2) is 117 Å². The molecule has 3 aliphatic rings. The summed E-state index contributed by atoms with van der Waals surface area (Å²) < 4.78 is 46.4. The summed E-state index contributed by atoms with van der Waals surface area (Å²) in [6.07, 6.45) is 5.38. The maximum absolute atomic E-state index is 14.0.